The Balaban J connectivity index is 0.000000178. The minimum absolute atomic E-state index is 0.000447. The van der Waals surface area contributed by atoms with Gasteiger partial charge in [0.25, 0.3) is 0 Å². The molecule has 12 aromatic rings. The lowest BCUT2D eigenvalue weighted by atomic mass is 10.0. The van der Waals surface area contributed by atoms with Crippen molar-refractivity contribution in [3.63, 3.8) is 0 Å². The molecule has 1 unspecified atom stereocenters. The summed E-state index contributed by atoms with van der Waals surface area (Å²) >= 11 is 0. The number of unbranched alkanes of at least 4 members (excludes halogenated alkanes) is 4. The minimum Gasteiger partial charge on any atom is -0.507 e. The molecule has 0 saturated carbocycles. The van der Waals surface area contributed by atoms with Gasteiger partial charge in [0.15, 0.2) is 52.4 Å². The van der Waals surface area contributed by atoms with Crippen LogP contribution in [0.2, 0.25) is 0 Å². The lowest BCUT2D eigenvalue weighted by molar-refractivity contribution is 0.232. The molecule has 0 radical (unpaired) electrons. The normalized spacial score (nSPS) is 11.1. The maximum atomic E-state index is 10.9. The highest BCUT2D eigenvalue weighted by Gasteiger charge is 2.24. The molecule has 0 bridgehead atoms. The standard InChI is InChI=1S/C33H39N3O6.C30H33N3O4.C24H21N3O5/c1-4-7-16-40-22-10-13-25(28(37)19-22)31-34-32(26-14-11-23(20-29(26)38)41-17-8-5-2)36-33(35-31)27-15-12-24(21-30(27)39)42-18-9-6-3;1-4-6-11-20(5-2)19-37-21-16-17-23(26(35)18-21)29-31-28(22-12-7-9-14-25(22)34)32-30(33-29)24-13-8-10-15-27(24)36-3;1-13-4-7-16(19(28)10-13)22-25-23(17-8-5-14(31-2)11-20(17)29)27-24(26-22)18-9-6-15(32-3)12-21(18)30/h10-15,19-21,37-39H,4-9,16-18H2,1-3H3;7-10,12-18,20,34-35H,4-6,11,19H2,1-3H3;4-12,28-30H,1-3H3. The highest BCUT2D eigenvalue weighted by atomic mass is 16.5. The van der Waals surface area contributed by atoms with Crippen molar-refractivity contribution < 1.29 is 74.0 Å². The molecule has 0 aliphatic heterocycles. The molecule has 0 fully saturated rings. The summed E-state index contributed by atoms with van der Waals surface area (Å²) in [4.78, 5) is 41.1. The van der Waals surface area contributed by atoms with Gasteiger partial charge in [0.1, 0.15) is 86.2 Å². The van der Waals surface area contributed by atoms with Gasteiger partial charge in [-0.2, -0.15) is 0 Å². The molecule has 24 nitrogen and oxygen atoms in total. The molecule has 0 aliphatic rings. The van der Waals surface area contributed by atoms with Crippen LogP contribution in [0.25, 0.3) is 102 Å². The molecule has 0 aliphatic carbocycles. The number of aryl methyl sites for hydroxylation is 1. The monoisotopic (exact) mass is 1500 g/mol. The van der Waals surface area contributed by atoms with Crippen LogP contribution in [0, 0.1) is 12.8 Å². The molecule has 0 saturated heterocycles. The zero-order valence-corrected chi connectivity index (χ0v) is 63.7. The lowest BCUT2D eigenvalue weighted by Crippen LogP contribution is -2.11. The van der Waals surface area contributed by atoms with E-state index in [9.17, 15) is 40.9 Å². The number of phenols is 8. The van der Waals surface area contributed by atoms with Gasteiger partial charge in [-0.25, -0.2) is 44.9 Å². The molecule has 24 heteroatoms. The topological polar surface area (TPSA) is 342 Å². The van der Waals surface area contributed by atoms with Crippen molar-refractivity contribution in [2.24, 2.45) is 5.92 Å². The van der Waals surface area contributed by atoms with E-state index in [-0.39, 0.29) is 92.6 Å². The van der Waals surface area contributed by atoms with E-state index in [2.05, 4.69) is 79.5 Å². The van der Waals surface area contributed by atoms with E-state index in [4.69, 9.17) is 33.2 Å². The molecule has 3 heterocycles. The largest absolute Gasteiger partial charge is 0.507 e. The second kappa shape index (κ2) is 39.2. The van der Waals surface area contributed by atoms with Crippen molar-refractivity contribution in [1.82, 2.24) is 44.9 Å². The van der Waals surface area contributed by atoms with E-state index in [1.165, 1.54) is 51.0 Å². The SMILES string of the molecule is CCCCC(CC)COc1ccc(-c2nc(-c3ccccc3O)nc(-c3ccccc3OC)n2)c(O)c1.CCCCOc1ccc(-c2nc(-c3ccc(OCCCC)cc3O)nc(-c3ccc(OCCCC)cc3O)n2)c(O)c1.COc1ccc(-c2nc(-c3ccc(C)cc3O)nc(-c3ccc(OC)cc3O)n2)c(O)c1. The summed E-state index contributed by atoms with van der Waals surface area (Å²) in [6.45, 7) is 14.7. The first kappa shape index (κ1) is 80.5. The number of para-hydroxylation sites is 2. The van der Waals surface area contributed by atoms with Crippen LogP contribution in [0.5, 0.6) is 86.2 Å². The van der Waals surface area contributed by atoms with E-state index in [1.807, 2.05) is 43.3 Å². The Morgan fingerprint density at radius 2 is 0.559 bits per heavy atom. The van der Waals surface area contributed by atoms with Gasteiger partial charge in [-0.05, 0) is 153 Å². The van der Waals surface area contributed by atoms with Crippen LogP contribution in [0.4, 0.5) is 0 Å². The zero-order chi connectivity index (χ0) is 78.9. The number of nitrogens with zero attached hydrogens (tertiary/aromatic N) is 9. The fourth-order valence-corrected chi connectivity index (χ4v) is 11.5. The summed E-state index contributed by atoms with van der Waals surface area (Å²) in [5.74, 6) is 5.84. The van der Waals surface area contributed by atoms with E-state index < -0.39 is 0 Å². The van der Waals surface area contributed by atoms with Crippen molar-refractivity contribution in [3.8, 4) is 189 Å². The summed E-state index contributed by atoms with van der Waals surface area (Å²) in [7, 11) is 4.58. The number of rotatable bonds is 31. The number of hydrogen-bond donors (Lipinski definition) is 8. The summed E-state index contributed by atoms with van der Waals surface area (Å²) < 4.78 is 39.0. The molecule has 9 aromatic carbocycles. The Labute approximate surface area is 645 Å². The molecule has 3 aromatic heterocycles. The summed E-state index contributed by atoms with van der Waals surface area (Å²) in [5.41, 5.74) is 4.55. The fourth-order valence-electron chi connectivity index (χ4n) is 11.5. The number of benzene rings is 9. The first-order valence-corrected chi connectivity index (χ1v) is 37.0. The quantitative estimate of drug-likeness (QED) is 0.0187. The number of phenolic OH excluding ortho intramolecular Hbond substituents is 8. The summed E-state index contributed by atoms with van der Waals surface area (Å²) in [6.07, 6.45) is 10.2. The second-order valence-electron chi connectivity index (χ2n) is 26.0. The second-order valence-corrected chi connectivity index (χ2v) is 26.0. The van der Waals surface area contributed by atoms with E-state index in [0.29, 0.717) is 128 Å². The molecule has 0 spiro atoms. The van der Waals surface area contributed by atoms with Crippen molar-refractivity contribution in [3.05, 3.63) is 181 Å². The Morgan fingerprint density at radius 1 is 0.279 bits per heavy atom. The zero-order valence-electron chi connectivity index (χ0n) is 63.7. The Bertz CT molecular complexity index is 4870. The van der Waals surface area contributed by atoms with Crippen molar-refractivity contribution in [2.45, 2.75) is 106 Å². The van der Waals surface area contributed by atoms with Gasteiger partial charge >= 0.3 is 0 Å². The van der Waals surface area contributed by atoms with Crippen LogP contribution >= 0.6 is 0 Å². The summed E-state index contributed by atoms with van der Waals surface area (Å²) in [5, 5.41) is 85.6. The van der Waals surface area contributed by atoms with Gasteiger partial charge in [-0.1, -0.05) is 103 Å². The van der Waals surface area contributed by atoms with Crippen molar-refractivity contribution in [1.29, 1.82) is 0 Å². The van der Waals surface area contributed by atoms with Crippen LogP contribution in [0.3, 0.4) is 0 Å². The molecule has 0 amide bonds. The molecule has 12 rings (SSSR count). The Hall–Kier alpha value is -13.0. The van der Waals surface area contributed by atoms with Crippen LogP contribution < -0.4 is 33.2 Å². The predicted molar refractivity (Wildman–Crippen MR) is 426 cm³/mol. The average Bonchev–Trinajstić information content (AvgIpc) is 0.793. The van der Waals surface area contributed by atoms with E-state index >= 15 is 0 Å². The third-order valence-electron chi connectivity index (χ3n) is 17.9. The lowest BCUT2D eigenvalue weighted by Gasteiger charge is -2.16. The first-order valence-electron chi connectivity index (χ1n) is 37.0. The molecule has 1 atom stereocenters. The van der Waals surface area contributed by atoms with Gasteiger partial charge in [0.2, 0.25) is 0 Å². The van der Waals surface area contributed by atoms with Crippen LogP contribution in [-0.2, 0) is 0 Å². The Morgan fingerprint density at radius 3 is 0.865 bits per heavy atom. The van der Waals surface area contributed by atoms with Gasteiger partial charge in [0.05, 0.1) is 97.8 Å². The van der Waals surface area contributed by atoms with Crippen LogP contribution in [0.1, 0.15) is 104 Å². The average molecular weight is 1500 g/mol. The number of aromatic hydroxyl groups is 8. The number of aromatic nitrogens is 9. The maximum Gasteiger partial charge on any atom is 0.167 e. The number of ether oxygens (including phenoxy) is 7. The maximum absolute atomic E-state index is 10.9. The third-order valence-corrected chi connectivity index (χ3v) is 17.9. The molecule has 8 N–H and O–H groups in total. The van der Waals surface area contributed by atoms with Gasteiger partial charge in [-0.15, -0.1) is 0 Å². The summed E-state index contributed by atoms with van der Waals surface area (Å²) in [6, 6.07) is 48.9. The highest BCUT2D eigenvalue weighted by Crippen LogP contribution is 2.42. The Kier molecular flexibility index (Phi) is 28.5. The van der Waals surface area contributed by atoms with Gasteiger partial charge in [0, 0.05) is 36.4 Å². The van der Waals surface area contributed by atoms with Crippen molar-refractivity contribution in [2.75, 3.05) is 47.8 Å². The van der Waals surface area contributed by atoms with Crippen molar-refractivity contribution >= 4 is 0 Å². The van der Waals surface area contributed by atoms with E-state index in [1.54, 1.807) is 116 Å². The predicted octanol–water partition coefficient (Wildman–Crippen LogP) is 18.7. The third kappa shape index (κ3) is 21.0. The minimum atomic E-state index is -0.0838. The van der Waals surface area contributed by atoms with Crippen LogP contribution in [0.15, 0.2) is 176 Å². The fraction of sp³-hybridized carbons (Fsp3) is 0.276. The molecule has 576 valence electrons. The van der Waals surface area contributed by atoms with Gasteiger partial charge in [-0.3, -0.25) is 0 Å². The smallest absolute Gasteiger partial charge is 0.167 e. The van der Waals surface area contributed by atoms with E-state index in [0.717, 1.165) is 63.4 Å². The molecular formula is C87H93N9O15. The first-order chi connectivity index (χ1) is 53.8. The van der Waals surface area contributed by atoms with Crippen LogP contribution in [-0.4, -0.2) is 133 Å². The number of methoxy groups -OCH3 is 3. The number of hydrogen-bond acceptors (Lipinski definition) is 24. The molecular weight excluding hydrogens is 1410 g/mol. The van der Waals surface area contributed by atoms with Gasteiger partial charge < -0.3 is 74.0 Å². The highest BCUT2D eigenvalue weighted by molar-refractivity contribution is 5.78. The molecule has 111 heavy (non-hydrogen) atoms.